The van der Waals surface area contributed by atoms with Crippen LogP contribution in [0.2, 0.25) is 0 Å². The molecule has 1 saturated heterocycles. The Morgan fingerprint density at radius 3 is 2.56 bits per heavy atom. The van der Waals surface area contributed by atoms with Crippen molar-refractivity contribution in [3.63, 3.8) is 0 Å². The number of aromatic amines is 1. The average molecular weight is 481 g/mol. The van der Waals surface area contributed by atoms with Crippen molar-refractivity contribution in [1.82, 2.24) is 24.8 Å². The van der Waals surface area contributed by atoms with Crippen LogP contribution in [0.5, 0.6) is 0 Å². The van der Waals surface area contributed by atoms with Gasteiger partial charge in [0.25, 0.3) is 11.7 Å². The van der Waals surface area contributed by atoms with E-state index in [2.05, 4.69) is 24.8 Å². The Hall–Kier alpha value is -4.66. The lowest BCUT2D eigenvalue weighted by atomic mass is 10.0. The smallest absolute Gasteiger partial charge is 0.295 e. The maximum atomic E-state index is 14.9. The van der Waals surface area contributed by atoms with Gasteiger partial charge in [0.1, 0.15) is 11.6 Å². The number of Topliss-reactive ketones (excluding diaryl/α,β-unsaturated/α-hetero) is 1. The number of carbonyl (C=O) groups is 2. The highest BCUT2D eigenvalue weighted by Crippen LogP contribution is 2.31. The third kappa shape index (κ3) is 3.65. The van der Waals surface area contributed by atoms with Gasteiger partial charge in [-0.2, -0.15) is 0 Å². The fourth-order valence-electron chi connectivity index (χ4n) is 4.77. The molecular formula is C27H21FN6O2. The van der Waals surface area contributed by atoms with Crippen LogP contribution < -0.4 is 4.90 Å². The zero-order valence-electron chi connectivity index (χ0n) is 19.2. The van der Waals surface area contributed by atoms with Gasteiger partial charge in [-0.25, -0.2) is 9.37 Å². The number of anilines is 1. The second-order valence-electron chi connectivity index (χ2n) is 8.60. The Morgan fingerprint density at radius 2 is 1.75 bits per heavy atom. The number of hydrogen-bond donors (Lipinski definition) is 1. The summed E-state index contributed by atoms with van der Waals surface area (Å²) >= 11 is 0. The molecular weight excluding hydrogens is 459 g/mol. The molecule has 0 saturated carbocycles. The fraction of sp³-hybridized carbons (Fsp3) is 0.148. The number of halogens is 1. The Bertz CT molecular complexity index is 1600. The number of ketones is 1. The number of rotatable bonds is 4. The fourth-order valence-corrected chi connectivity index (χ4v) is 4.77. The van der Waals surface area contributed by atoms with Crippen molar-refractivity contribution in [3.05, 3.63) is 84.8 Å². The molecule has 2 aromatic carbocycles. The van der Waals surface area contributed by atoms with Crippen molar-refractivity contribution < 1.29 is 14.0 Å². The van der Waals surface area contributed by atoms with Crippen molar-refractivity contribution in [2.24, 2.45) is 0 Å². The third-order valence-corrected chi connectivity index (χ3v) is 6.58. The zero-order chi connectivity index (χ0) is 24.6. The predicted molar refractivity (Wildman–Crippen MR) is 134 cm³/mol. The number of nitrogens with one attached hydrogen (secondary N) is 1. The second kappa shape index (κ2) is 8.84. The molecule has 0 bridgehead atoms. The molecule has 1 amide bonds. The normalized spacial score (nSPS) is 13.9. The van der Waals surface area contributed by atoms with Crippen LogP contribution in [0.25, 0.3) is 32.9 Å². The molecule has 9 heteroatoms. The van der Waals surface area contributed by atoms with Gasteiger partial charge in [-0.05, 0) is 23.6 Å². The molecule has 0 unspecified atom stereocenters. The summed E-state index contributed by atoms with van der Waals surface area (Å²) in [6.45, 7) is 1.81. The van der Waals surface area contributed by atoms with E-state index >= 15 is 0 Å². The van der Waals surface area contributed by atoms with Crippen molar-refractivity contribution in [3.8, 4) is 11.3 Å². The van der Waals surface area contributed by atoms with E-state index in [-0.39, 0.29) is 10.9 Å². The van der Waals surface area contributed by atoms with Crippen LogP contribution in [0, 0.1) is 5.82 Å². The molecule has 36 heavy (non-hydrogen) atoms. The van der Waals surface area contributed by atoms with Crippen LogP contribution in [0.15, 0.2) is 73.4 Å². The van der Waals surface area contributed by atoms with Crippen LogP contribution in [0.4, 0.5) is 10.2 Å². The van der Waals surface area contributed by atoms with E-state index in [1.54, 1.807) is 24.7 Å². The summed E-state index contributed by atoms with van der Waals surface area (Å²) < 4.78 is 14.9. The molecule has 4 heterocycles. The van der Waals surface area contributed by atoms with E-state index in [4.69, 9.17) is 0 Å². The van der Waals surface area contributed by atoms with Crippen LogP contribution >= 0.6 is 0 Å². The van der Waals surface area contributed by atoms with E-state index in [0.29, 0.717) is 43.0 Å². The Labute approximate surface area is 205 Å². The highest BCUT2D eigenvalue weighted by atomic mass is 19.1. The molecule has 0 atom stereocenters. The maximum Gasteiger partial charge on any atom is 0.295 e. The van der Waals surface area contributed by atoms with E-state index < -0.39 is 17.5 Å². The number of amides is 1. The second-order valence-corrected chi connectivity index (χ2v) is 8.60. The van der Waals surface area contributed by atoms with Gasteiger partial charge in [0.15, 0.2) is 0 Å². The van der Waals surface area contributed by atoms with Gasteiger partial charge in [0.05, 0.1) is 23.0 Å². The Kier molecular flexibility index (Phi) is 5.37. The number of fused-ring (bicyclic) bond motifs is 2. The topological polar surface area (TPSA) is 95.1 Å². The van der Waals surface area contributed by atoms with Crippen LogP contribution in [0.1, 0.15) is 10.4 Å². The number of carbonyl (C=O) groups excluding carboxylic acids is 2. The molecule has 1 aliphatic rings. The SMILES string of the molecule is O=C(C(=O)N1CCN(c2nccc3ccccc23)CC1)c1c[nH]c2c(-c3cnccn3)ccc(F)c12. The minimum Gasteiger partial charge on any atom is -0.360 e. The average Bonchev–Trinajstić information content (AvgIpc) is 3.39. The quantitative estimate of drug-likeness (QED) is 0.310. The number of nitrogens with zero attached hydrogens (tertiary/aromatic N) is 5. The summed E-state index contributed by atoms with van der Waals surface area (Å²) in [6, 6.07) is 12.8. The lowest BCUT2D eigenvalue weighted by molar-refractivity contribution is -0.126. The molecule has 1 aliphatic heterocycles. The van der Waals surface area contributed by atoms with Crippen LogP contribution in [-0.4, -0.2) is 62.7 Å². The van der Waals surface area contributed by atoms with E-state index in [9.17, 15) is 14.0 Å². The molecule has 8 nitrogen and oxygen atoms in total. The van der Waals surface area contributed by atoms with E-state index in [0.717, 1.165) is 16.6 Å². The van der Waals surface area contributed by atoms with Gasteiger partial charge in [0, 0.05) is 67.3 Å². The van der Waals surface area contributed by atoms with E-state index in [1.165, 1.54) is 23.4 Å². The summed E-state index contributed by atoms with van der Waals surface area (Å²) in [5, 5.41) is 2.22. The summed E-state index contributed by atoms with van der Waals surface area (Å²) in [5.41, 5.74) is 1.55. The van der Waals surface area contributed by atoms with Crippen LogP contribution in [-0.2, 0) is 4.79 Å². The number of hydrogen-bond acceptors (Lipinski definition) is 6. The molecule has 0 aliphatic carbocycles. The van der Waals surface area contributed by atoms with Gasteiger partial charge in [-0.15, -0.1) is 0 Å². The lowest BCUT2D eigenvalue weighted by Gasteiger charge is -2.35. The third-order valence-electron chi connectivity index (χ3n) is 6.58. The van der Waals surface area contributed by atoms with Gasteiger partial charge >= 0.3 is 0 Å². The molecule has 0 radical (unpaired) electrons. The highest BCUT2D eigenvalue weighted by molar-refractivity contribution is 6.45. The monoisotopic (exact) mass is 480 g/mol. The van der Waals surface area contributed by atoms with Crippen molar-refractivity contribution >= 4 is 39.2 Å². The maximum absolute atomic E-state index is 14.9. The van der Waals surface area contributed by atoms with Gasteiger partial charge in [0.2, 0.25) is 0 Å². The molecule has 1 fully saturated rings. The van der Waals surface area contributed by atoms with Gasteiger partial charge in [-0.1, -0.05) is 24.3 Å². The Morgan fingerprint density at radius 1 is 0.917 bits per heavy atom. The minimum atomic E-state index is -0.742. The Balaban J connectivity index is 1.24. The van der Waals surface area contributed by atoms with Gasteiger partial charge < -0.3 is 14.8 Å². The van der Waals surface area contributed by atoms with E-state index in [1.807, 2.05) is 30.3 Å². The standard InChI is InChI=1S/C27H21FN6O2/c28-21-6-5-19(22-16-29-9-10-30-22)24-23(21)20(15-32-24)25(35)27(36)34-13-11-33(12-14-34)26-18-4-2-1-3-17(18)7-8-31-26/h1-10,15-16,32H,11-14H2. The lowest BCUT2D eigenvalue weighted by Crippen LogP contribution is -2.50. The number of H-pyrrole nitrogens is 1. The molecule has 5 aromatic rings. The summed E-state index contributed by atoms with van der Waals surface area (Å²) in [6.07, 6.45) is 7.81. The number of aromatic nitrogens is 4. The molecule has 3 aromatic heterocycles. The predicted octanol–water partition coefficient (Wildman–Crippen LogP) is 3.84. The number of pyridine rings is 1. The van der Waals surface area contributed by atoms with Crippen molar-refractivity contribution in [2.45, 2.75) is 0 Å². The first kappa shape index (κ1) is 21.8. The summed E-state index contributed by atoms with van der Waals surface area (Å²) in [7, 11) is 0. The first-order valence-electron chi connectivity index (χ1n) is 11.6. The minimum absolute atomic E-state index is 0.0105. The molecule has 6 rings (SSSR count). The zero-order valence-corrected chi connectivity index (χ0v) is 19.2. The largest absolute Gasteiger partial charge is 0.360 e. The molecule has 178 valence electrons. The van der Waals surface area contributed by atoms with Gasteiger partial charge in [-0.3, -0.25) is 19.6 Å². The highest BCUT2D eigenvalue weighted by Gasteiger charge is 2.30. The summed E-state index contributed by atoms with van der Waals surface area (Å²) in [4.78, 5) is 45.8. The van der Waals surface area contributed by atoms with Crippen LogP contribution in [0.3, 0.4) is 0 Å². The van der Waals surface area contributed by atoms with Crippen molar-refractivity contribution in [2.75, 3.05) is 31.1 Å². The first-order valence-corrected chi connectivity index (χ1v) is 11.6. The number of benzene rings is 2. The van der Waals surface area contributed by atoms with Crippen molar-refractivity contribution in [1.29, 1.82) is 0 Å². The first-order chi connectivity index (χ1) is 17.6. The molecule has 1 N–H and O–H groups in total. The number of piperazine rings is 1. The summed E-state index contributed by atoms with van der Waals surface area (Å²) in [5.74, 6) is -1.11. The molecule has 0 spiro atoms.